The normalized spacial score (nSPS) is 18.1. The molecule has 0 radical (unpaired) electrons. The zero-order valence-electron chi connectivity index (χ0n) is 16.7. The predicted molar refractivity (Wildman–Crippen MR) is 119 cm³/mol. The Kier molecular flexibility index (Phi) is 4.68. The number of anilines is 1. The second-order valence-electron chi connectivity index (χ2n) is 7.87. The van der Waals surface area contributed by atoms with Gasteiger partial charge < -0.3 is 5.32 Å². The van der Waals surface area contributed by atoms with Crippen LogP contribution in [0.2, 0.25) is 10.0 Å². The first-order valence-electron chi connectivity index (χ1n) is 9.95. The maximum atomic E-state index is 12.9. The van der Waals surface area contributed by atoms with Gasteiger partial charge in [0.15, 0.2) is 11.6 Å². The number of Topliss-reactive ketones (excluding diaryl/α,β-unsaturated/α-hetero) is 1. The van der Waals surface area contributed by atoms with Crippen molar-refractivity contribution in [3.05, 3.63) is 74.4 Å². The lowest BCUT2D eigenvalue weighted by atomic mass is 9.85. The van der Waals surface area contributed by atoms with E-state index in [4.69, 9.17) is 33.3 Å². The number of carbonyl (C=O) groups is 1. The third-order valence-electron chi connectivity index (χ3n) is 5.89. The summed E-state index contributed by atoms with van der Waals surface area (Å²) < 4.78 is 1.80. The molecular formula is C23H20Cl2N4O. The van der Waals surface area contributed by atoms with Gasteiger partial charge in [-0.2, -0.15) is 4.98 Å². The molecule has 0 saturated carbocycles. The highest BCUT2D eigenvalue weighted by Gasteiger charge is 2.37. The van der Waals surface area contributed by atoms with Crippen LogP contribution < -0.4 is 5.32 Å². The van der Waals surface area contributed by atoms with Gasteiger partial charge in [0.05, 0.1) is 10.0 Å². The fourth-order valence-corrected chi connectivity index (χ4v) is 4.46. The summed E-state index contributed by atoms with van der Waals surface area (Å²) in [5.74, 6) is 1.39. The van der Waals surface area contributed by atoms with Crippen molar-refractivity contribution >= 4 is 34.9 Å². The van der Waals surface area contributed by atoms with Crippen LogP contribution in [0, 0.1) is 13.8 Å². The van der Waals surface area contributed by atoms with Crippen molar-refractivity contribution in [1.82, 2.24) is 14.8 Å². The van der Waals surface area contributed by atoms with E-state index in [1.54, 1.807) is 10.7 Å². The van der Waals surface area contributed by atoms with E-state index in [2.05, 4.69) is 31.3 Å². The number of hydrogen-bond acceptors (Lipinski definition) is 4. The summed E-state index contributed by atoms with van der Waals surface area (Å²) >= 11 is 12.5. The van der Waals surface area contributed by atoms with E-state index >= 15 is 0 Å². The molecule has 2 heterocycles. The first-order valence-corrected chi connectivity index (χ1v) is 10.7. The lowest BCUT2D eigenvalue weighted by Gasteiger charge is -2.32. The van der Waals surface area contributed by atoms with Gasteiger partial charge in [-0.1, -0.05) is 41.4 Å². The molecule has 1 atom stereocenters. The molecule has 0 saturated heterocycles. The number of ketones is 1. The van der Waals surface area contributed by atoms with Crippen LogP contribution in [-0.2, 0) is 4.79 Å². The van der Waals surface area contributed by atoms with Crippen LogP contribution in [0.3, 0.4) is 0 Å². The zero-order valence-corrected chi connectivity index (χ0v) is 18.2. The highest BCUT2D eigenvalue weighted by atomic mass is 35.5. The summed E-state index contributed by atoms with van der Waals surface area (Å²) in [6, 6.07) is 11.3. The molecule has 3 aromatic rings. The van der Waals surface area contributed by atoms with Crippen molar-refractivity contribution in [3.63, 3.8) is 0 Å². The molecule has 5 rings (SSSR count). The van der Waals surface area contributed by atoms with E-state index in [1.807, 2.05) is 18.2 Å². The number of nitrogens with one attached hydrogen (secondary N) is 1. The minimum atomic E-state index is -0.383. The van der Waals surface area contributed by atoms with E-state index in [9.17, 15) is 4.79 Å². The van der Waals surface area contributed by atoms with Gasteiger partial charge in [0.2, 0.25) is 5.95 Å². The quantitative estimate of drug-likeness (QED) is 0.541. The van der Waals surface area contributed by atoms with E-state index in [0.717, 1.165) is 35.2 Å². The number of benzene rings is 2. The summed E-state index contributed by atoms with van der Waals surface area (Å²) in [7, 11) is 0. The van der Waals surface area contributed by atoms with Crippen molar-refractivity contribution in [2.75, 3.05) is 5.32 Å². The number of carbonyl (C=O) groups excluding carboxylic acids is 1. The lowest BCUT2D eigenvalue weighted by molar-refractivity contribution is -0.116. The molecule has 0 fully saturated rings. The largest absolute Gasteiger partial charge is 0.328 e. The van der Waals surface area contributed by atoms with Gasteiger partial charge in [-0.25, -0.2) is 4.68 Å². The van der Waals surface area contributed by atoms with Crippen molar-refractivity contribution in [2.24, 2.45) is 0 Å². The van der Waals surface area contributed by atoms with Gasteiger partial charge in [-0.15, -0.1) is 5.10 Å². The Bertz CT molecular complexity index is 1230. The lowest BCUT2D eigenvalue weighted by Crippen LogP contribution is -2.31. The number of halogens is 2. The molecule has 0 spiro atoms. The van der Waals surface area contributed by atoms with Crippen LogP contribution in [0.15, 0.2) is 47.7 Å². The number of rotatable bonds is 2. The standard InChI is InChI=1S/C23H20Cl2N4O/c1-12-6-7-15(10-13(12)2)22-27-23-26-18-4-3-5-19(30)20(18)21(29(23)28-22)14-8-9-16(24)17(25)11-14/h6-11,21H,3-5H2,1-2H3,(H,26,27,28). The summed E-state index contributed by atoms with van der Waals surface area (Å²) in [5, 5.41) is 9.10. The second kappa shape index (κ2) is 7.25. The number of allylic oxidation sites excluding steroid dienone is 2. The third-order valence-corrected chi connectivity index (χ3v) is 6.63. The van der Waals surface area contributed by atoms with Crippen molar-refractivity contribution in [2.45, 2.75) is 39.2 Å². The van der Waals surface area contributed by atoms with Gasteiger partial charge in [0, 0.05) is 23.3 Å². The van der Waals surface area contributed by atoms with Gasteiger partial charge >= 0.3 is 0 Å². The smallest absolute Gasteiger partial charge is 0.226 e. The maximum Gasteiger partial charge on any atom is 0.226 e. The molecule has 1 aromatic heterocycles. The Balaban J connectivity index is 1.68. The Morgan fingerprint density at radius 1 is 1.03 bits per heavy atom. The third kappa shape index (κ3) is 3.13. The molecule has 7 heteroatoms. The van der Waals surface area contributed by atoms with Crippen LogP contribution in [0.1, 0.15) is 42.0 Å². The molecule has 0 amide bonds. The Labute approximate surface area is 184 Å². The van der Waals surface area contributed by atoms with Crippen molar-refractivity contribution < 1.29 is 4.79 Å². The minimum Gasteiger partial charge on any atom is -0.328 e. The summed E-state index contributed by atoms with van der Waals surface area (Å²) in [6.07, 6.45) is 2.17. The van der Waals surface area contributed by atoms with Crippen LogP contribution in [-0.4, -0.2) is 20.5 Å². The number of nitrogens with zero attached hydrogens (tertiary/aromatic N) is 3. The Hall–Kier alpha value is -2.63. The fraction of sp³-hybridized carbons (Fsp3) is 0.261. The average molecular weight is 439 g/mol. The summed E-state index contributed by atoms with van der Waals surface area (Å²) in [4.78, 5) is 17.7. The van der Waals surface area contributed by atoms with E-state index in [-0.39, 0.29) is 11.8 Å². The molecule has 152 valence electrons. The first-order chi connectivity index (χ1) is 14.4. The van der Waals surface area contributed by atoms with Crippen LogP contribution in [0.4, 0.5) is 5.95 Å². The molecule has 5 nitrogen and oxygen atoms in total. The molecular weight excluding hydrogens is 419 g/mol. The second-order valence-corrected chi connectivity index (χ2v) is 8.69. The SMILES string of the molecule is Cc1ccc(-c2nc3n(n2)C(c2ccc(Cl)c(Cl)c2)C2=C(CCCC2=O)N3)cc1C. The maximum absolute atomic E-state index is 12.9. The zero-order chi connectivity index (χ0) is 21.0. The molecule has 0 bridgehead atoms. The highest BCUT2D eigenvalue weighted by Crippen LogP contribution is 2.41. The number of fused-ring (bicyclic) bond motifs is 1. The van der Waals surface area contributed by atoms with Gasteiger partial charge in [-0.3, -0.25) is 4.79 Å². The van der Waals surface area contributed by atoms with E-state index < -0.39 is 0 Å². The molecule has 1 aliphatic heterocycles. The molecule has 30 heavy (non-hydrogen) atoms. The average Bonchev–Trinajstić information content (AvgIpc) is 3.14. The number of hydrogen-bond donors (Lipinski definition) is 1. The molecule has 1 aliphatic carbocycles. The monoisotopic (exact) mass is 438 g/mol. The Morgan fingerprint density at radius 3 is 2.63 bits per heavy atom. The Morgan fingerprint density at radius 2 is 1.87 bits per heavy atom. The van der Waals surface area contributed by atoms with Crippen LogP contribution >= 0.6 is 23.2 Å². The van der Waals surface area contributed by atoms with Crippen molar-refractivity contribution in [3.8, 4) is 11.4 Å². The van der Waals surface area contributed by atoms with Crippen LogP contribution in [0.5, 0.6) is 0 Å². The minimum absolute atomic E-state index is 0.133. The summed E-state index contributed by atoms with van der Waals surface area (Å²) in [6.45, 7) is 4.15. The number of aryl methyl sites for hydroxylation is 2. The predicted octanol–water partition coefficient (Wildman–Crippen LogP) is 5.89. The van der Waals surface area contributed by atoms with E-state index in [0.29, 0.717) is 28.2 Å². The molecule has 1 unspecified atom stereocenters. The fourth-order valence-electron chi connectivity index (χ4n) is 4.15. The van der Waals surface area contributed by atoms with E-state index in [1.165, 1.54) is 11.1 Å². The van der Waals surface area contributed by atoms with Crippen LogP contribution in [0.25, 0.3) is 11.4 Å². The van der Waals surface area contributed by atoms with Crippen molar-refractivity contribution in [1.29, 1.82) is 0 Å². The summed E-state index contributed by atoms with van der Waals surface area (Å²) in [5.41, 5.74) is 5.88. The molecule has 1 N–H and O–H groups in total. The first kappa shape index (κ1) is 19.3. The number of aromatic nitrogens is 3. The molecule has 2 aromatic carbocycles. The molecule has 2 aliphatic rings. The van der Waals surface area contributed by atoms with Gasteiger partial charge in [-0.05, 0) is 61.6 Å². The van der Waals surface area contributed by atoms with Gasteiger partial charge in [0.25, 0.3) is 0 Å². The van der Waals surface area contributed by atoms with Gasteiger partial charge in [0.1, 0.15) is 6.04 Å². The topological polar surface area (TPSA) is 59.8 Å². The highest BCUT2D eigenvalue weighted by molar-refractivity contribution is 6.42.